The lowest BCUT2D eigenvalue weighted by molar-refractivity contribution is -0.168. The van der Waals surface area contributed by atoms with E-state index in [-0.39, 0.29) is 104 Å². The zero-order valence-corrected chi connectivity index (χ0v) is 44.0. The highest BCUT2D eigenvalue weighted by atomic mass is 16.6. The van der Waals surface area contributed by atoms with Crippen LogP contribution in [0, 0.1) is 27.1 Å². The van der Waals surface area contributed by atoms with Crippen molar-refractivity contribution in [3.8, 4) is 0 Å². The first-order chi connectivity index (χ1) is 35.3. The molecule has 0 amide bonds. The second-order valence-electron chi connectivity index (χ2n) is 17.2. The molecule has 28 heteroatoms. The Labute approximate surface area is 436 Å². The predicted octanol–water partition coefficient (Wildman–Crippen LogP) is -1.35. The monoisotopic (exact) mass is 1100 g/mol. The molecule has 0 fully saturated rings. The summed E-state index contributed by atoms with van der Waals surface area (Å²) in [5.74, 6) is -7.34. The van der Waals surface area contributed by atoms with E-state index in [1.54, 1.807) is 20.8 Å². The van der Waals surface area contributed by atoms with Gasteiger partial charge in [-0.3, -0.25) is 33.6 Å². The third-order valence-corrected chi connectivity index (χ3v) is 11.8. The summed E-state index contributed by atoms with van der Waals surface area (Å²) in [6, 6.07) is 0. The number of carbonyl (C=O) groups is 8. The fourth-order valence-electron chi connectivity index (χ4n) is 5.01. The molecule has 0 saturated carbocycles. The van der Waals surface area contributed by atoms with Crippen LogP contribution in [-0.2, 0) is 62.0 Å². The fourth-order valence-corrected chi connectivity index (χ4v) is 5.01. The lowest BCUT2D eigenvalue weighted by Gasteiger charge is -2.27. The third kappa shape index (κ3) is 35.3. The minimum absolute atomic E-state index is 0.0209. The van der Waals surface area contributed by atoms with Crippen molar-refractivity contribution in [1.82, 2.24) is 0 Å². The molecule has 0 radical (unpaired) electrons. The quantitative estimate of drug-likeness (QED) is 0.0192. The van der Waals surface area contributed by atoms with Crippen molar-refractivity contribution in [3.05, 3.63) is 0 Å². The number of hydrogen-bond acceptors (Lipinski definition) is 23. The van der Waals surface area contributed by atoms with Gasteiger partial charge in [-0.1, -0.05) is 34.6 Å². The lowest BCUT2D eigenvalue weighted by Crippen LogP contribution is -2.40. The van der Waals surface area contributed by atoms with E-state index in [0.717, 1.165) is 0 Å². The predicted molar refractivity (Wildman–Crippen MR) is 259 cm³/mol. The van der Waals surface area contributed by atoms with E-state index in [9.17, 15) is 38.4 Å². The van der Waals surface area contributed by atoms with E-state index in [1.807, 2.05) is 13.8 Å². The van der Waals surface area contributed by atoms with Crippen LogP contribution in [0.5, 0.6) is 0 Å². The van der Waals surface area contributed by atoms with Crippen molar-refractivity contribution in [2.75, 3.05) is 112 Å². The van der Waals surface area contributed by atoms with Gasteiger partial charge in [-0.15, -0.1) is 0 Å². The average molecular weight is 1100 g/mol. The van der Waals surface area contributed by atoms with E-state index in [0.29, 0.717) is 38.9 Å². The zero-order chi connectivity index (χ0) is 59.2. The smallest absolute Gasteiger partial charge is 0.341 e. The van der Waals surface area contributed by atoms with Crippen LogP contribution in [0.4, 0.5) is 0 Å². The molecule has 0 unspecified atom stereocenters. The second-order valence-corrected chi connectivity index (χ2v) is 17.2. The van der Waals surface area contributed by atoms with Gasteiger partial charge in [0.05, 0.1) is 92.3 Å². The maximum atomic E-state index is 11.5. The van der Waals surface area contributed by atoms with Crippen LogP contribution in [0.2, 0.25) is 0 Å². The summed E-state index contributed by atoms with van der Waals surface area (Å²) < 4.78 is 24.3. The SMILES string of the molecule is CCC(CO)(CO)C(=O)OCC(=O)O.CCC(CO)(CO)C(=O)OCCC(=O)O.CCC(CO)(CO)C(=O)OCCCC(=O)O.CCC(CO)(CO)COCCCC(=O)O.CCC(CO)(CO)COCCCC(=O)O. The molecule has 0 aliphatic heterocycles. The molecule has 0 aliphatic carbocycles. The molecule has 0 aromatic carbocycles. The van der Waals surface area contributed by atoms with E-state index in [1.165, 1.54) is 0 Å². The van der Waals surface area contributed by atoms with Crippen LogP contribution in [0.15, 0.2) is 0 Å². The van der Waals surface area contributed by atoms with E-state index < -0.39 is 121 Å². The molecular formula is C47H88O28. The Bertz CT molecular complexity index is 1450. The highest BCUT2D eigenvalue weighted by Crippen LogP contribution is 2.25. The summed E-state index contributed by atoms with van der Waals surface area (Å²) in [5, 5.41) is 132. The van der Waals surface area contributed by atoms with Crippen molar-refractivity contribution < 1.29 is 139 Å². The van der Waals surface area contributed by atoms with Gasteiger partial charge >= 0.3 is 47.8 Å². The number of aliphatic hydroxyl groups is 10. The zero-order valence-electron chi connectivity index (χ0n) is 44.0. The van der Waals surface area contributed by atoms with Crippen molar-refractivity contribution >= 4 is 47.8 Å². The molecule has 0 aliphatic rings. The van der Waals surface area contributed by atoms with Gasteiger partial charge in [0.25, 0.3) is 0 Å². The Hall–Kier alpha value is -4.72. The first-order valence-electron chi connectivity index (χ1n) is 24.1. The number of carboxylic acid groups (broad SMARTS) is 5. The number of rotatable bonds is 39. The number of hydrogen-bond donors (Lipinski definition) is 15. The Morgan fingerprint density at radius 1 is 0.320 bits per heavy atom. The average Bonchev–Trinajstić information content (AvgIpc) is 3.39. The third-order valence-electron chi connectivity index (χ3n) is 11.8. The molecule has 0 atom stereocenters. The molecule has 15 N–H and O–H groups in total. The van der Waals surface area contributed by atoms with Gasteiger partial charge in [-0.25, -0.2) is 4.79 Å². The maximum absolute atomic E-state index is 11.5. The Morgan fingerprint density at radius 2 is 0.587 bits per heavy atom. The Balaban J connectivity index is -0.000000272. The van der Waals surface area contributed by atoms with Crippen molar-refractivity contribution in [3.63, 3.8) is 0 Å². The van der Waals surface area contributed by atoms with Crippen LogP contribution in [0.1, 0.15) is 112 Å². The number of carboxylic acids is 5. The molecule has 28 nitrogen and oxygen atoms in total. The Kier molecular flexibility index (Phi) is 49.2. The standard InChI is InChI=1S/C10H18O6.2C10H20O5.C9H16O6.C8H14O6/c1-2-10(6-11,7-12)9(15)16-5-3-4-8(13)14;2*1-2-10(6-11,7-12)8-15-5-3-4-9(13)14;1-2-9(5-10,6-11)8(14)15-4-3-7(12)13;1-2-8(4-9,5-10)7(13)14-3-6(11)12/h11-12H,2-7H2,1H3,(H,13,14);2*11-12H,2-8H2,1H3,(H,13,14);10-11H,2-6H2,1H3,(H,12,13);9-10H,2-5H2,1H3,(H,11,12). The molecule has 0 saturated heterocycles. The summed E-state index contributed by atoms with van der Waals surface area (Å²) >= 11 is 0. The summed E-state index contributed by atoms with van der Waals surface area (Å²) in [5.41, 5.74) is -5.18. The summed E-state index contributed by atoms with van der Waals surface area (Å²) in [6.07, 6.45) is 2.83. The van der Waals surface area contributed by atoms with Gasteiger partial charge in [-0.2, -0.15) is 0 Å². The number of aliphatic hydroxyl groups excluding tert-OH is 10. The van der Waals surface area contributed by atoms with Crippen molar-refractivity contribution in [1.29, 1.82) is 0 Å². The summed E-state index contributed by atoms with van der Waals surface area (Å²) in [7, 11) is 0. The van der Waals surface area contributed by atoms with Crippen LogP contribution < -0.4 is 0 Å². The summed E-state index contributed by atoms with van der Waals surface area (Å²) in [6.45, 7) is 5.11. The number of aliphatic carboxylic acids is 5. The van der Waals surface area contributed by atoms with E-state index >= 15 is 0 Å². The molecule has 444 valence electrons. The minimum Gasteiger partial charge on any atom is -0.481 e. The van der Waals surface area contributed by atoms with Gasteiger partial charge in [0.1, 0.15) is 22.9 Å². The van der Waals surface area contributed by atoms with E-state index in [4.69, 9.17) is 90.8 Å². The molecular weight excluding hydrogens is 1010 g/mol. The second kappa shape index (κ2) is 46.6. The molecule has 0 aromatic heterocycles. The molecule has 75 heavy (non-hydrogen) atoms. The minimum atomic E-state index is -1.39. The Morgan fingerprint density at radius 3 is 0.813 bits per heavy atom. The topological polar surface area (TPSA) is 486 Å². The maximum Gasteiger partial charge on any atom is 0.341 e. The largest absolute Gasteiger partial charge is 0.481 e. The van der Waals surface area contributed by atoms with Gasteiger partial charge in [0, 0.05) is 43.3 Å². The van der Waals surface area contributed by atoms with Gasteiger partial charge in [-0.05, 0) is 51.4 Å². The number of esters is 3. The van der Waals surface area contributed by atoms with Gasteiger partial charge in [0.15, 0.2) is 6.61 Å². The fraction of sp³-hybridized carbons (Fsp3) is 0.830. The number of carbonyl (C=O) groups excluding carboxylic acids is 3. The van der Waals surface area contributed by atoms with E-state index in [2.05, 4.69) is 9.47 Å². The normalized spacial score (nSPS) is 11.3. The highest BCUT2D eigenvalue weighted by molar-refractivity contribution is 5.80. The van der Waals surface area contributed by atoms with Crippen LogP contribution in [-0.4, -0.2) is 237 Å². The molecule has 0 heterocycles. The van der Waals surface area contributed by atoms with Crippen molar-refractivity contribution in [2.24, 2.45) is 27.1 Å². The van der Waals surface area contributed by atoms with Gasteiger partial charge in [0.2, 0.25) is 0 Å². The van der Waals surface area contributed by atoms with Crippen molar-refractivity contribution in [2.45, 2.75) is 112 Å². The molecule has 0 rings (SSSR count). The molecule has 0 aromatic rings. The first-order valence-corrected chi connectivity index (χ1v) is 24.1. The van der Waals surface area contributed by atoms with Crippen LogP contribution in [0.3, 0.4) is 0 Å². The first kappa shape index (κ1) is 79.2. The summed E-state index contributed by atoms with van der Waals surface area (Å²) in [4.78, 5) is 85.0. The van der Waals surface area contributed by atoms with Crippen LogP contribution in [0.25, 0.3) is 0 Å². The van der Waals surface area contributed by atoms with Gasteiger partial charge < -0.3 is 100 Å². The highest BCUT2D eigenvalue weighted by Gasteiger charge is 2.39. The van der Waals surface area contributed by atoms with Crippen LogP contribution >= 0.6 is 0 Å². The number of ether oxygens (including phenoxy) is 5. The molecule has 0 bridgehead atoms. The molecule has 0 spiro atoms. The lowest BCUT2D eigenvalue weighted by atomic mass is 9.87.